The topological polar surface area (TPSA) is 91.0 Å². The highest BCUT2D eigenvalue weighted by atomic mass is 32.2. The van der Waals surface area contributed by atoms with E-state index >= 15 is 0 Å². The van der Waals surface area contributed by atoms with Gasteiger partial charge >= 0.3 is 5.97 Å². The van der Waals surface area contributed by atoms with E-state index < -0.39 is 0 Å². The third-order valence-corrected chi connectivity index (χ3v) is 2.23. The third kappa shape index (κ3) is 4.74. The molecule has 2 N–H and O–H groups in total. The third-order valence-electron chi connectivity index (χ3n) is 1.42. The molecular weight excluding hydrogens is 228 g/mol. The van der Waals surface area contributed by atoms with Gasteiger partial charge < -0.3 is 10.5 Å². The minimum atomic E-state index is -0.349. The van der Waals surface area contributed by atoms with Crippen molar-refractivity contribution < 1.29 is 9.53 Å². The fraction of sp³-hybridized carbons (Fsp3) is 0.333. The number of carbonyl (C=O) groups is 1. The first-order valence-electron chi connectivity index (χ1n) is 4.63. The summed E-state index contributed by atoms with van der Waals surface area (Å²) in [5.74, 6) is 0.410. The van der Waals surface area contributed by atoms with Crippen LogP contribution in [0.4, 0.5) is 5.95 Å². The number of aromatic nitrogens is 3. The van der Waals surface area contributed by atoms with Gasteiger partial charge in [0.25, 0.3) is 0 Å². The van der Waals surface area contributed by atoms with Gasteiger partial charge in [0.15, 0.2) is 5.16 Å². The summed E-state index contributed by atoms with van der Waals surface area (Å²) >= 11 is 1.36. The van der Waals surface area contributed by atoms with Gasteiger partial charge in [-0.3, -0.25) is 0 Å². The molecule has 0 aromatic carbocycles. The Morgan fingerprint density at radius 1 is 1.62 bits per heavy atom. The van der Waals surface area contributed by atoms with E-state index in [1.807, 2.05) is 0 Å². The number of nitrogens with two attached hydrogens (primary N) is 1. The molecule has 0 radical (unpaired) electrons. The number of nitrogens with zero attached hydrogens (tertiary/aromatic N) is 3. The van der Waals surface area contributed by atoms with Crippen molar-refractivity contribution in [2.75, 3.05) is 18.1 Å². The van der Waals surface area contributed by atoms with E-state index in [0.717, 1.165) is 0 Å². The van der Waals surface area contributed by atoms with E-state index in [1.165, 1.54) is 24.2 Å². The lowest BCUT2D eigenvalue weighted by Gasteiger charge is -1.96. The molecule has 0 unspecified atom stereocenters. The van der Waals surface area contributed by atoms with Crippen molar-refractivity contribution in [1.82, 2.24) is 15.0 Å². The van der Waals surface area contributed by atoms with Crippen LogP contribution in [0.1, 0.15) is 6.92 Å². The van der Waals surface area contributed by atoms with Crippen LogP contribution >= 0.6 is 11.8 Å². The zero-order valence-corrected chi connectivity index (χ0v) is 9.61. The minimum absolute atomic E-state index is 0.187. The molecule has 0 amide bonds. The number of rotatable bonds is 5. The quantitative estimate of drug-likeness (QED) is 0.459. The van der Waals surface area contributed by atoms with Crippen molar-refractivity contribution in [2.24, 2.45) is 0 Å². The Labute approximate surface area is 97.3 Å². The van der Waals surface area contributed by atoms with Crippen LogP contribution in [0.25, 0.3) is 0 Å². The van der Waals surface area contributed by atoms with Crippen molar-refractivity contribution >= 4 is 23.7 Å². The first-order valence-corrected chi connectivity index (χ1v) is 5.61. The number of hydrogen-bond donors (Lipinski definition) is 1. The van der Waals surface area contributed by atoms with Crippen LogP contribution in [0.15, 0.2) is 23.6 Å². The average molecular weight is 240 g/mol. The smallest absolute Gasteiger partial charge is 0.330 e. The van der Waals surface area contributed by atoms with Gasteiger partial charge in [0.2, 0.25) is 5.95 Å². The molecular formula is C9H12N4O2S. The van der Waals surface area contributed by atoms with E-state index in [-0.39, 0.29) is 11.9 Å². The fourth-order valence-corrected chi connectivity index (χ4v) is 1.44. The number of esters is 1. The highest BCUT2D eigenvalue weighted by Crippen LogP contribution is 2.11. The summed E-state index contributed by atoms with van der Waals surface area (Å²) in [7, 11) is 0. The molecule has 1 heterocycles. The molecule has 0 saturated carbocycles. The van der Waals surface area contributed by atoms with E-state index in [2.05, 4.69) is 15.0 Å². The number of thioether (sulfide) groups is 1. The highest BCUT2D eigenvalue weighted by molar-refractivity contribution is 7.99. The number of nitrogen functional groups attached to an aromatic ring is 1. The first kappa shape index (κ1) is 12.4. The zero-order valence-electron chi connectivity index (χ0n) is 8.79. The molecule has 0 saturated heterocycles. The molecule has 0 atom stereocenters. The Bertz CT molecular complexity index is 384. The highest BCUT2D eigenvalue weighted by Gasteiger charge is 1.97. The molecule has 0 spiro atoms. The number of hydrogen-bond acceptors (Lipinski definition) is 7. The van der Waals surface area contributed by atoms with Gasteiger partial charge in [0, 0.05) is 11.8 Å². The second-order valence-corrected chi connectivity index (χ2v) is 3.58. The molecule has 0 aliphatic carbocycles. The van der Waals surface area contributed by atoms with Gasteiger partial charge in [0.1, 0.15) is 6.33 Å². The molecule has 0 aliphatic heterocycles. The van der Waals surface area contributed by atoms with Crippen LogP contribution in [-0.4, -0.2) is 33.3 Å². The van der Waals surface area contributed by atoms with E-state index in [9.17, 15) is 4.79 Å². The Balaban J connectivity index is 2.33. The van der Waals surface area contributed by atoms with Crippen molar-refractivity contribution in [1.29, 1.82) is 0 Å². The van der Waals surface area contributed by atoms with Gasteiger partial charge in [0.05, 0.1) is 6.61 Å². The molecule has 0 fully saturated rings. The zero-order chi connectivity index (χ0) is 11.8. The molecule has 16 heavy (non-hydrogen) atoms. The van der Waals surface area contributed by atoms with Crippen molar-refractivity contribution in [3.05, 3.63) is 18.5 Å². The SMILES string of the molecule is CCOC(=O)/C=C/CSc1ncnc(N)n1. The van der Waals surface area contributed by atoms with Crippen molar-refractivity contribution in [3.8, 4) is 0 Å². The number of ether oxygens (including phenoxy) is 1. The Morgan fingerprint density at radius 2 is 2.44 bits per heavy atom. The van der Waals surface area contributed by atoms with Crippen LogP contribution < -0.4 is 5.73 Å². The van der Waals surface area contributed by atoms with Crippen LogP contribution in [0.3, 0.4) is 0 Å². The average Bonchev–Trinajstić information content (AvgIpc) is 2.25. The van der Waals surface area contributed by atoms with E-state index in [0.29, 0.717) is 17.5 Å². The maximum absolute atomic E-state index is 10.9. The summed E-state index contributed by atoms with van der Waals surface area (Å²) in [6.45, 7) is 2.13. The Morgan fingerprint density at radius 3 is 3.12 bits per heavy atom. The standard InChI is InChI=1S/C9H12N4O2S/c1-2-15-7(14)4-3-5-16-9-12-6-11-8(10)13-9/h3-4,6H,2,5H2,1H3,(H2,10,11,12,13)/b4-3+. The normalized spacial score (nSPS) is 10.6. The summed E-state index contributed by atoms with van der Waals surface area (Å²) in [4.78, 5) is 22.4. The second kappa shape index (κ2) is 6.78. The van der Waals surface area contributed by atoms with E-state index in [1.54, 1.807) is 13.0 Å². The fourth-order valence-electron chi connectivity index (χ4n) is 0.820. The summed E-state index contributed by atoms with van der Waals surface area (Å²) in [5.41, 5.74) is 5.38. The number of anilines is 1. The molecule has 1 aromatic heterocycles. The summed E-state index contributed by atoms with van der Waals surface area (Å²) in [6, 6.07) is 0. The summed E-state index contributed by atoms with van der Waals surface area (Å²) in [6.07, 6.45) is 4.41. The molecule has 86 valence electrons. The predicted molar refractivity (Wildman–Crippen MR) is 60.7 cm³/mol. The van der Waals surface area contributed by atoms with Gasteiger partial charge in [-0.2, -0.15) is 4.98 Å². The summed E-state index contributed by atoms with van der Waals surface area (Å²) in [5, 5.41) is 0.529. The monoisotopic (exact) mass is 240 g/mol. The summed E-state index contributed by atoms with van der Waals surface area (Å²) < 4.78 is 4.72. The van der Waals surface area contributed by atoms with Crippen LogP contribution in [0, 0.1) is 0 Å². The molecule has 1 rings (SSSR count). The molecule has 0 aliphatic rings. The first-order chi connectivity index (χ1) is 7.72. The molecule has 0 bridgehead atoms. The Hall–Kier alpha value is -1.63. The largest absolute Gasteiger partial charge is 0.463 e. The molecule has 7 heteroatoms. The molecule has 6 nitrogen and oxygen atoms in total. The van der Waals surface area contributed by atoms with Crippen LogP contribution in [-0.2, 0) is 9.53 Å². The number of carbonyl (C=O) groups excluding carboxylic acids is 1. The van der Waals surface area contributed by atoms with Crippen LogP contribution in [0.2, 0.25) is 0 Å². The predicted octanol–water partition coefficient (Wildman–Crippen LogP) is 0.665. The lowest BCUT2D eigenvalue weighted by molar-refractivity contribution is -0.137. The lowest BCUT2D eigenvalue weighted by atomic mass is 10.5. The Kier molecular flexibility index (Phi) is 5.27. The molecule has 1 aromatic rings. The van der Waals surface area contributed by atoms with Gasteiger partial charge in [-0.15, -0.1) is 0 Å². The van der Waals surface area contributed by atoms with Gasteiger partial charge in [-0.25, -0.2) is 14.8 Å². The maximum atomic E-state index is 10.9. The second-order valence-electron chi connectivity index (χ2n) is 2.59. The van der Waals surface area contributed by atoms with E-state index in [4.69, 9.17) is 10.5 Å². The van der Waals surface area contributed by atoms with Gasteiger partial charge in [-0.05, 0) is 6.92 Å². The lowest BCUT2D eigenvalue weighted by Crippen LogP contribution is -1.99. The maximum Gasteiger partial charge on any atom is 0.330 e. The van der Waals surface area contributed by atoms with Gasteiger partial charge in [-0.1, -0.05) is 17.8 Å². The van der Waals surface area contributed by atoms with Crippen LogP contribution in [0.5, 0.6) is 0 Å². The minimum Gasteiger partial charge on any atom is -0.463 e. The van der Waals surface area contributed by atoms with Crippen molar-refractivity contribution in [3.63, 3.8) is 0 Å². The van der Waals surface area contributed by atoms with Crippen molar-refractivity contribution in [2.45, 2.75) is 12.1 Å².